The van der Waals surface area contributed by atoms with Crippen LogP contribution in [-0.2, 0) is 4.74 Å². The number of furan rings is 1. The molecule has 0 saturated heterocycles. The number of hydrogen-bond donors (Lipinski definition) is 1. The second-order valence-electron chi connectivity index (χ2n) is 6.76. The molecule has 0 aliphatic heterocycles. The van der Waals surface area contributed by atoms with E-state index in [1.807, 2.05) is 25.1 Å². The third-order valence-electron chi connectivity index (χ3n) is 4.62. The Morgan fingerprint density at radius 1 is 1.14 bits per heavy atom. The lowest BCUT2D eigenvalue weighted by atomic mass is 9.98. The van der Waals surface area contributed by atoms with E-state index < -0.39 is 5.97 Å². The Hall–Kier alpha value is -3.45. The Morgan fingerprint density at radius 2 is 1.89 bits per heavy atom. The van der Waals surface area contributed by atoms with Crippen LogP contribution in [0.15, 0.2) is 47.1 Å². The number of esters is 1. The molecule has 1 aliphatic carbocycles. The molecule has 0 bridgehead atoms. The zero-order chi connectivity index (χ0) is 19.8. The monoisotopic (exact) mass is 377 g/mol. The Kier molecular flexibility index (Phi) is 4.44. The first-order valence-corrected chi connectivity index (χ1v) is 8.82. The largest absolute Gasteiger partial charge is 0.463 e. The summed E-state index contributed by atoms with van der Waals surface area (Å²) >= 11 is 0. The SMILES string of the molecule is CN(C)CCOC(=O)c1c(N)nc(-c2ccco2)c2c1-c1ccccc1C2=O. The Balaban J connectivity index is 1.90. The zero-order valence-corrected chi connectivity index (χ0v) is 15.6. The van der Waals surface area contributed by atoms with Crippen molar-refractivity contribution in [3.8, 4) is 22.6 Å². The van der Waals surface area contributed by atoms with E-state index in [0.29, 0.717) is 40.3 Å². The van der Waals surface area contributed by atoms with Crippen molar-refractivity contribution in [2.75, 3.05) is 33.0 Å². The van der Waals surface area contributed by atoms with Gasteiger partial charge in [-0.1, -0.05) is 24.3 Å². The predicted molar refractivity (Wildman–Crippen MR) is 104 cm³/mol. The van der Waals surface area contributed by atoms with Crippen LogP contribution >= 0.6 is 0 Å². The number of fused-ring (bicyclic) bond motifs is 3. The lowest BCUT2D eigenvalue weighted by molar-refractivity contribution is 0.0483. The highest BCUT2D eigenvalue weighted by Crippen LogP contribution is 2.44. The molecule has 2 heterocycles. The average Bonchev–Trinajstić information content (AvgIpc) is 3.29. The summed E-state index contributed by atoms with van der Waals surface area (Å²) < 4.78 is 10.8. The number of ketones is 1. The van der Waals surface area contributed by atoms with Gasteiger partial charge in [0.25, 0.3) is 0 Å². The van der Waals surface area contributed by atoms with Crippen molar-refractivity contribution in [2.24, 2.45) is 0 Å². The molecule has 2 N–H and O–H groups in total. The number of rotatable bonds is 5. The molecule has 0 amide bonds. The summed E-state index contributed by atoms with van der Waals surface area (Å²) in [5.41, 5.74) is 8.50. The van der Waals surface area contributed by atoms with E-state index in [2.05, 4.69) is 4.98 Å². The molecule has 0 unspecified atom stereocenters. The molecule has 0 atom stereocenters. The maximum Gasteiger partial charge on any atom is 0.342 e. The minimum Gasteiger partial charge on any atom is -0.463 e. The van der Waals surface area contributed by atoms with Crippen molar-refractivity contribution in [3.05, 3.63) is 59.4 Å². The molecule has 1 aliphatic rings. The van der Waals surface area contributed by atoms with Crippen molar-refractivity contribution in [1.82, 2.24) is 9.88 Å². The number of likely N-dealkylation sites (N-methyl/N-ethyl adjacent to an activating group) is 1. The normalized spacial score (nSPS) is 12.2. The van der Waals surface area contributed by atoms with Gasteiger partial charge in [0.2, 0.25) is 0 Å². The molecule has 1 aromatic carbocycles. The van der Waals surface area contributed by atoms with Crippen LogP contribution in [0.25, 0.3) is 22.6 Å². The van der Waals surface area contributed by atoms with E-state index >= 15 is 0 Å². The first-order valence-electron chi connectivity index (χ1n) is 8.82. The van der Waals surface area contributed by atoms with Crippen molar-refractivity contribution in [3.63, 3.8) is 0 Å². The fourth-order valence-electron chi connectivity index (χ4n) is 3.32. The number of aromatic nitrogens is 1. The Morgan fingerprint density at radius 3 is 2.57 bits per heavy atom. The van der Waals surface area contributed by atoms with Gasteiger partial charge in [-0.15, -0.1) is 0 Å². The molecule has 7 nitrogen and oxygen atoms in total. The molecule has 0 spiro atoms. The summed E-state index contributed by atoms with van der Waals surface area (Å²) in [4.78, 5) is 32.2. The number of nitrogens with zero attached hydrogens (tertiary/aromatic N) is 2. The highest BCUT2D eigenvalue weighted by Gasteiger charge is 2.37. The Bertz CT molecular complexity index is 1070. The molecule has 2 aromatic heterocycles. The molecular formula is C21H19N3O4. The number of nitrogens with two attached hydrogens (primary N) is 1. The van der Waals surface area contributed by atoms with Gasteiger partial charge in [-0.2, -0.15) is 0 Å². The second kappa shape index (κ2) is 6.94. The average molecular weight is 377 g/mol. The maximum absolute atomic E-state index is 13.1. The van der Waals surface area contributed by atoms with Gasteiger partial charge in [0.15, 0.2) is 11.5 Å². The van der Waals surface area contributed by atoms with Crippen LogP contribution < -0.4 is 5.73 Å². The van der Waals surface area contributed by atoms with Gasteiger partial charge in [0, 0.05) is 17.7 Å². The fourth-order valence-corrected chi connectivity index (χ4v) is 3.32. The lowest BCUT2D eigenvalue weighted by Gasteiger charge is -2.15. The molecule has 142 valence electrons. The van der Waals surface area contributed by atoms with Crippen LogP contribution in [0, 0.1) is 0 Å². The third kappa shape index (κ3) is 2.86. The van der Waals surface area contributed by atoms with Crippen molar-refractivity contribution in [2.45, 2.75) is 0 Å². The summed E-state index contributed by atoms with van der Waals surface area (Å²) in [7, 11) is 3.77. The number of benzene rings is 1. The lowest BCUT2D eigenvalue weighted by Crippen LogP contribution is -2.21. The quantitative estimate of drug-likeness (QED) is 0.534. The fraction of sp³-hybridized carbons (Fsp3) is 0.190. The van der Waals surface area contributed by atoms with Gasteiger partial charge in [-0.3, -0.25) is 4.79 Å². The predicted octanol–water partition coefficient (Wildman–Crippen LogP) is 2.85. The molecule has 0 fully saturated rings. The first-order chi connectivity index (χ1) is 13.5. The zero-order valence-electron chi connectivity index (χ0n) is 15.6. The molecule has 28 heavy (non-hydrogen) atoms. The number of anilines is 1. The standard InChI is InChI=1S/C21H19N3O4/c1-24(2)9-11-28-21(26)17-15-12-6-3-4-7-13(12)19(25)16(15)18(23-20(17)22)14-8-5-10-27-14/h3-8,10H,9,11H2,1-2H3,(H2,22,23). The van der Waals surface area contributed by atoms with Crippen LogP contribution in [0.2, 0.25) is 0 Å². The van der Waals surface area contributed by atoms with Crippen LogP contribution in [0.3, 0.4) is 0 Å². The minimum atomic E-state index is -0.599. The smallest absolute Gasteiger partial charge is 0.342 e. The van der Waals surface area contributed by atoms with Crippen molar-refractivity contribution >= 4 is 17.6 Å². The van der Waals surface area contributed by atoms with Gasteiger partial charge in [0.05, 0.1) is 11.8 Å². The second-order valence-corrected chi connectivity index (χ2v) is 6.76. The number of ether oxygens (including phenoxy) is 1. The van der Waals surface area contributed by atoms with E-state index in [9.17, 15) is 9.59 Å². The van der Waals surface area contributed by atoms with E-state index in [1.54, 1.807) is 30.3 Å². The molecule has 0 saturated carbocycles. The molecule has 3 aromatic rings. The minimum absolute atomic E-state index is 0.00417. The first kappa shape index (κ1) is 17.9. The van der Waals surface area contributed by atoms with Gasteiger partial charge in [0.1, 0.15) is 23.7 Å². The number of carbonyl (C=O) groups excluding carboxylic acids is 2. The molecule has 0 radical (unpaired) electrons. The van der Waals surface area contributed by atoms with Crippen LogP contribution in [0.1, 0.15) is 26.3 Å². The molecule has 7 heteroatoms. The summed E-state index contributed by atoms with van der Waals surface area (Å²) in [5, 5.41) is 0. The summed E-state index contributed by atoms with van der Waals surface area (Å²) in [6.07, 6.45) is 1.50. The van der Waals surface area contributed by atoms with Crippen LogP contribution in [0.5, 0.6) is 0 Å². The van der Waals surface area contributed by atoms with Crippen molar-refractivity contribution in [1.29, 1.82) is 0 Å². The van der Waals surface area contributed by atoms with Crippen molar-refractivity contribution < 1.29 is 18.7 Å². The highest BCUT2D eigenvalue weighted by molar-refractivity contribution is 6.27. The summed E-state index contributed by atoms with van der Waals surface area (Å²) in [5.74, 6) is -0.397. The van der Waals surface area contributed by atoms with Crippen LogP contribution in [-0.4, -0.2) is 48.9 Å². The summed E-state index contributed by atoms with van der Waals surface area (Å²) in [6.45, 7) is 0.775. The van der Waals surface area contributed by atoms with Crippen LogP contribution in [0.4, 0.5) is 5.82 Å². The topological polar surface area (TPSA) is 98.7 Å². The van der Waals surface area contributed by atoms with E-state index in [-0.39, 0.29) is 23.8 Å². The van der Waals surface area contributed by atoms with Gasteiger partial charge in [-0.05, 0) is 31.8 Å². The van der Waals surface area contributed by atoms with E-state index in [1.165, 1.54) is 6.26 Å². The Labute approximate surface area is 161 Å². The molecular weight excluding hydrogens is 358 g/mol. The van der Waals surface area contributed by atoms with E-state index in [4.69, 9.17) is 14.9 Å². The van der Waals surface area contributed by atoms with Gasteiger partial charge < -0.3 is 19.8 Å². The number of pyridine rings is 1. The van der Waals surface area contributed by atoms with E-state index in [0.717, 1.165) is 0 Å². The van der Waals surface area contributed by atoms with Gasteiger partial charge >= 0.3 is 5.97 Å². The highest BCUT2D eigenvalue weighted by atomic mass is 16.5. The number of hydrogen-bond acceptors (Lipinski definition) is 7. The maximum atomic E-state index is 13.1. The third-order valence-corrected chi connectivity index (χ3v) is 4.62. The van der Waals surface area contributed by atoms with Gasteiger partial charge in [-0.25, -0.2) is 9.78 Å². The number of nitrogen functional groups attached to an aromatic ring is 1. The number of carbonyl (C=O) groups is 2. The summed E-state index contributed by atoms with van der Waals surface area (Å²) in [6, 6.07) is 10.5. The molecule has 4 rings (SSSR count).